The van der Waals surface area contributed by atoms with Gasteiger partial charge in [0, 0.05) is 63.9 Å². The largest absolute Gasteiger partial charge is 0.379 e. The number of ketones is 1. The van der Waals surface area contributed by atoms with Crippen LogP contribution in [0.25, 0.3) is 0 Å². The molecule has 0 spiro atoms. The fourth-order valence-corrected chi connectivity index (χ4v) is 4.38. The van der Waals surface area contributed by atoms with Gasteiger partial charge in [-0.05, 0) is 19.3 Å². The monoisotopic (exact) mass is 801 g/mol. The lowest BCUT2D eigenvalue weighted by molar-refractivity contribution is -0.121. The lowest BCUT2D eigenvalue weighted by Crippen LogP contribution is -2.43. The number of nitrogens with two attached hydrogens (primary N) is 4. The van der Waals surface area contributed by atoms with E-state index < -0.39 is 5.54 Å². The van der Waals surface area contributed by atoms with Crippen molar-refractivity contribution in [1.82, 2.24) is 10.6 Å². The molecular weight excluding hydrogens is 720 g/mol. The van der Waals surface area contributed by atoms with Crippen molar-refractivity contribution >= 4 is 17.6 Å². The van der Waals surface area contributed by atoms with Gasteiger partial charge in [-0.1, -0.05) is 21.3 Å². The molecule has 0 aliphatic rings. The molecule has 0 aromatic carbocycles. The molecule has 0 rings (SSSR count). The average molecular weight is 801 g/mol. The molecule has 18 heteroatoms. The van der Waals surface area contributed by atoms with Crippen molar-refractivity contribution in [2.24, 2.45) is 22.9 Å². The van der Waals surface area contributed by atoms with Crippen molar-refractivity contribution in [3.05, 3.63) is 0 Å². The number of hydrogen-bond acceptors (Lipinski definition) is 16. The molecule has 0 fully saturated rings. The van der Waals surface area contributed by atoms with Gasteiger partial charge >= 0.3 is 0 Å². The van der Waals surface area contributed by atoms with E-state index in [4.69, 9.17) is 65.6 Å². The summed E-state index contributed by atoms with van der Waals surface area (Å²) < 4.78 is 48.4. The van der Waals surface area contributed by atoms with E-state index in [-0.39, 0.29) is 57.3 Å². The normalized spacial score (nSPS) is 11.1. The minimum Gasteiger partial charge on any atom is -0.379 e. The maximum atomic E-state index is 12.6. The number of nitrogens with one attached hydrogen (secondary N) is 2. The summed E-state index contributed by atoms with van der Waals surface area (Å²) in [5.74, 6) is -0.380. The van der Waals surface area contributed by atoms with Crippen LogP contribution in [-0.4, -0.2) is 175 Å². The zero-order valence-corrected chi connectivity index (χ0v) is 33.4. The van der Waals surface area contributed by atoms with Crippen LogP contribution in [0.5, 0.6) is 0 Å². The highest BCUT2D eigenvalue weighted by molar-refractivity contribution is 5.79. The molecule has 0 saturated carbocycles. The number of hydrogen-bond donors (Lipinski definition) is 6. The van der Waals surface area contributed by atoms with Gasteiger partial charge in [0.2, 0.25) is 11.8 Å². The summed E-state index contributed by atoms with van der Waals surface area (Å²) in [6, 6.07) is 0. The minimum atomic E-state index is -0.894. The van der Waals surface area contributed by atoms with Crippen molar-refractivity contribution in [3.8, 4) is 0 Å². The zero-order chi connectivity index (χ0) is 40.2. The highest BCUT2D eigenvalue weighted by Crippen LogP contribution is 2.23. The Bertz CT molecular complexity index is 794. The molecule has 0 saturated heterocycles. The Morgan fingerprint density at radius 3 is 1.02 bits per heavy atom. The van der Waals surface area contributed by atoms with E-state index in [1.54, 1.807) is 0 Å². The fourth-order valence-electron chi connectivity index (χ4n) is 4.38. The molecular formula is C37H80N6O12. The number of carbonyl (C=O) groups excluding carboxylic acids is 3. The van der Waals surface area contributed by atoms with Crippen LogP contribution in [-0.2, 0) is 57.0 Å². The summed E-state index contributed by atoms with van der Waals surface area (Å²) in [6.07, 6.45) is 1.69. The third kappa shape index (κ3) is 44.7. The summed E-state index contributed by atoms with van der Waals surface area (Å²) in [7, 11) is 0. The molecule has 0 aromatic heterocycles. The van der Waals surface area contributed by atoms with E-state index in [1.807, 2.05) is 13.8 Å². The number of carbonyl (C=O) groups is 3. The molecule has 10 N–H and O–H groups in total. The first kappa shape index (κ1) is 57.4. The molecule has 0 atom stereocenters. The Kier molecular flexibility index (Phi) is 48.5. The lowest BCUT2D eigenvalue weighted by Gasteiger charge is -2.29. The van der Waals surface area contributed by atoms with Gasteiger partial charge in [-0.3, -0.25) is 14.4 Å². The minimum absolute atomic E-state index is 0. The van der Waals surface area contributed by atoms with E-state index in [0.29, 0.717) is 164 Å². The summed E-state index contributed by atoms with van der Waals surface area (Å²) in [6.45, 7) is 13.7. The van der Waals surface area contributed by atoms with Crippen LogP contribution in [0.4, 0.5) is 0 Å². The Morgan fingerprint density at radius 1 is 0.418 bits per heavy atom. The first-order valence-corrected chi connectivity index (χ1v) is 19.5. The fraction of sp³-hybridized carbons (Fsp3) is 0.919. The average Bonchev–Trinajstić information content (AvgIpc) is 3.18. The highest BCUT2D eigenvalue weighted by atomic mass is 16.6. The first-order valence-electron chi connectivity index (χ1n) is 19.5. The van der Waals surface area contributed by atoms with Crippen LogP contribution in [0, 0.1) is 0 Å². The van der Waals surface area contributed by atoms with E-state index in [2.05, 4.69) is 10.6 Å². The van der Waals surface area contributed by atoms with Gasteiger partial charge in [-0.25, -0.2) is 0 Å². The Hall–Kier alpha value is -1.91. The summed E-state index contributed by atoms with van der Waals surface area (Å²) >= 11 is 0. The Morgan fingerprint density at radius 2 is 0.691 bits per heavy atom. The molecule has 0 aromatic rings. The molecule has 0 aliphatic carbocycles. The van der Waals surface area contributed by atoms with E-state index in [9.17, 15) is 14.4 Å². The van der Waals surface area contributed by atoms with Gasteiger partial charge in [0.05, 0.1) is 119 Å². The van der Waals surface area contributed by atoms with Crippen LogP contribution < -0.4 is 33.6 Å². The lowest BCUT2D eigenvalue weighted by atomic mass is 9.83. The maximum absolute atomic E-state index is 12.6. The van der Waals surface area contributed by atoms with Crippen molar-refractivity contribution < 1.29 is 57.0 Å². The Labute approximate surface area is 331 Å². The first-order chi connectivity index (χ1) is 26.4. The van der Waals surface area contributed by atoms with Gasteiger partial charge in [-0.2, -0.15) is 0 Å². The standard InChI is InChI=1S/C34H70N6O12.C2H6.CH4/c35-8-14-45-20-26-50-25-19-44-13-4-31(41)1-5-34(38,6-2-32(42)39-11-17-48-23-29-51-27-21-46-15-9-36)7-3-33(43)40-12-18-49-24-30-52-28-22-47-16-10-37;1-2;/h1-30,35-38H2,(H,39,42)(H,40,43);1-2H3;1H4. The van der Waals surface area contributed by atoms with Gasteiger partial charge < -0.3 is 76.2 Å². The Balaban J connectivity index is -0.00000885. The number of amides is 2. The van der Waals surface area contributed by atoms with Gasteiger partial charge in [0.15, 0.2) is 0 Å². The number of Topliss-reactive ketones (excluding diaryl/α,β-unsaturated/α-hetero) is 1. The third-order valence-electron chi connectivity index (χ3n) is 7.28. The van der Waals surface area contributed by atoms with Crippen LogP contribution >= 0.6 is 0 Å². The molecule has 2 amide bonds. The van der Waals surface area contributed by atoms with Gasteiger partial charge in [0.25, 0.3) is 0 Å². The van der Waals surface area contributed by atoms with Gasteiger partial charge in [0.1, 0.15) is 5.78 Å². The quantitative estimate of drug-likeness (QED) is 0.0441. The van der Waals surface area contributed by atoms with Crippen molar-refractivity contribution in [3.63, 3.8) is 0 Å². The van der Waals surface area contributed by atoms with Crippen LogP contribution in [0.1, 0.15) is 66.2 Å². The summed E-state index contributed by atoms with van der Waals surface area (Å²) in [5.41, 5.74) is 21.9. The van der Waals surface area contributed by atoms with E-state index in [0.717, 1.165) is 0 Å². The maximum Gasteiger partial charge on any atom is 0.220 e. The number of rotatable bonds is 42. The third-order valence-corrected chi connectivity index (χ3v) is 7.28. The number of ether oxygens (including phenoxy) is 9. The molecule has 0 aliphatic heterocycles. The molecule has 55 heavy (non-hydrogen) atoms. The SMILES string of the molecule is C.CC.NCCOCCOCCOCCNC(=O)CCC(N)(CCC(=O)CCOCCOCCOCCN)CCC(=O)NCCOCCOCCOCCN. The molecule has 18 nitrogen and oxygen atoms in total. The molecule has 0 heterocycles. The second-order valence-electron chi connectivity index (χ2n) is 11.7. The molecule has 0 unspecified atom stereocenters. The van der Waals surface area contributed by atoms with Crippen LogP contribution in [0.2, 0.25) is 0 Å². The van der Waals surface area contributed by atoms with Crippen molar-refractivity contribution in [1.29, 1.82) is 0 Å². The van der Waals surface area contributed by atoms with E-state index in [1.165, 1.54) is 0 Å². The van der Waals surface area contributed by atoms with Crippen LogP contribution in [0.3, 0.4) is 0 Å². The van der Waals surface area contributed by atoms with Crippen LogP contribution in [0.15, 0.2) is 0 Å². The van der Waals surface area contributed by atoms with Crippen molar-refractivity contribution in [2.45, 2.75) is 71.8 Å². The van der Waals surface area contributed by atoms with Crippen molar-refractivity contribution in [2.75, 3.05) is 152 Å². The summed E-state index contributed by atoms with van der Waals surface area (Å²) in [5, 5.41) is 5.65. The smallest absolute Gasteiger partial charge is 0.220 e. The highest BCUT2D eigenvalue weighted by Gasteiger charge is 2.27. The van der Waals surface area contributed by atoms with Gasteiger partial charge in [-0.15, -0.1) is 0 Å². The molecule has 330 valence electrons. The zero-order valence-electron chi connectivity index (χ0n) is 33.4. The molecule has 0 bridgehead atoms. The second kappa shape index (κ2) is 46.5. The predicted octanol–water partition coefficient (Wildman–Crippen LogP) is -0.0961. The molecule has 0 radical (unpaired) electrons. The predicted molar refractivity (Wildman–Crippen MR) is 213 cm³/mol. The summed E-state index contributed by atoms with van der Waals surface area (Å²) in [4.78, 5) is 37.8. The topological polar surface area (TPSA) is 262 Å². The second-order valence-corrected chi connectivity index (χ2v) is 11.7. The van der Waals surface area contributed by atoms with E-state index >= 15 is 0 Å².